The first kappa shape index (κ1) is 11.6. The van der Waals surface area contributed by atoms with Crippen LogP contribution in [-0.2, 0) is 0 Å². The smallest absolute Gasteiger partial charge is 0.335 e. The maximum absolute atomic E-state index is 11.0. The fraction of sp³-hybridized carbons (Fsp3) is 0.214. The van der Waals surface area contributed by atoms with Crippen LogP contribution in [0.15, 0.2) is 36.8 Å². The summed E-state index contributed by atoms with van der Waals surface area (Å²) in [7, 11) is 0. The molecule has 0 aliphatic heterocycles. The molecule has 1 aliphatic rings. The summed E-state index contributed by atoms with van der Waals surface area (Å²) in [4.78, 5) is 19.1. The number of hydrogen-bond donors (Lipinski definition) is 1. The molecule has 0 radical (unpaired) electrons. The predicted octanol–water partition coefficient (Wildman–Crippen LogP) is 2.38. The molecule has 0 atom stereocenters. The summed E-state index contributed by atoms with van der Waals surface area (Å²) in [6.07, 6.45) is 5.33. The number of carboxylic acids is 1. The molecule has 0 unspecified atom stereocenters. The Balaban J connectivity index is 2.04. The summed E-state index contributed by atoms with van der Waals surface area (Å²) < 4.78 is 5.78. The second-order valence-electron chi connectivity index (χ2n) is 4.43. The van der Waals surface area contributed by atoms with Crippen LogP contribution in [0.1, 0.15) is 23.2 Å². The van der Waals surface area contributed by atoms with E-state index in [9.17, 15) is 4.79 Å². The van der Waals surface area contributed by atoms with E-state index in [1.54, 1.807) is 30.5 Å². The lowest BCUT2D eigenvalue weighted by Crippen LogP contribution is -2.02. The van der Waals surface area contributed by atoms with E-state index in [2.05, 4.69) is 9.97 Å². The molecule has 5 nitrogen and oxygen atoms in total. The van der Waals surface area contributed by atoms with Crippen molar-refractivity contribution in [3.05, 3.63) is 42.4 Å². The monoisotopic (exact) mass is 256 g/mol. The lowest BCUT2D eigenvalue weighted by atomic mass is 10.1. The molecule has 19 heavy (non-hydrogen) atoms. The number of carboxylic acid groups (broad SMARTS) is 1. The van der Waals surface area contributed by atoms with Crippen molar-refractivity contribution in [3.63, 3.8) is 0 Å². The number of aromatic nitrogens is 2. The molecule has 3 rings (SSSR count). The summed E-state index contributed by atoms with van der Waals surface area (Å²) in [5.41, 5.74) is 1.73. The van der Waals surface area contributed by atoms with Gasteiger partial charge in [-0.25, -0.2) is 14.8 Å². The zero-order valence-corrected chi connectivity index (χ0v) is 10.1. The van der Waals surface area contributed by atoms with Gasteiger partial charge in [0.05, 0.1) is 17.4 Å². The number of hydrogen-bond acceptors (Lipinski definition) is 4. The second kappa shape index (κ2) is 4.68. The third-order valence-corrected chi connectivity index (χ3v) is 2.90. The van der Waals surface area contributed by atoms with E-state index in [0.29, 0.717) is 5.75 Å². The third kappa shape index (κ3) is 2.54. The van der Waals surface area contributed by atoms with Gasteiger partial charge in [0.2, 0.25) is 0 Å². The molecule has 1 saturated carbocycles. The maximum Gasteiger partial charge on any atom is 0.335 e. The van der Waals surface area contributed by atoms with Crippen molar-refractivity contribution < 1.29 is 14.6 Å². The first-order valence-electron chi connectivity index (χ1n) is 6.04. The molecule has 0 amide bonds. The van der Waals surface area contributed by atoms with Crippen LogP contribution in [0, 0.1) is 0 Å². The Labute approximate surface area is 109 Å². The summed E-state index contributed by atoms with van der Waals surface area (Å²) in [6.45, 7) is 0. The van der Waals surface area contributed by atoms with Gasteiger partial charge in [0, 0.05) is 11.8 Å². The van der Waals surface area contributed by atoms with Crippen molar-refractivity contribution in [1.29, 1.82) is 0 Å². The molecule has 1 aromatic carbocycles. The number of carbonyl (C=O) groups is 1. The van der Waals surface area contributed by atoms with E-state index < -0.39 is 5.97 Å². The van der Waals surface area contributed by atoms with Crippen molar-refractivity contribution in [1.82, 2.24) is 9.97 Å². The molecule has 0 spiro atoms. The minimum Gasteiger partial charge on any atom is -0.490 e. The molecule has 1 aliphatic carbocycles. The number of rotatable bonds is 4. The molecule has 1 fully saturated rings. The highest BCUT2D eigenvalue weighted by Gasteiger charge is 2.25. The number of nitrogens with zero attached hydrogens (tertiary/aromatic N) is 2. The Kier molecular flexibility index (Phi) is 2.87. The topological polar surface area (TPSA) is 72.3 Å². The van der Waals surface area contributed by atoms with Crippen molar-refractivity contribution >= 4 is 5.97 Å². The van der Waals surface area contributed by atoms with Crippen LogP contribution in [0.3, 0.4) is 0 Å². The van der Waals surface area contributed by atoms with E-state index >= 15 is 0 Å². The average molecular weight is 256 g/mol. The van der Waals surface area contributed by atoms with Gasteiger partial charge in [-0.15, -0.1) is 0 Å². The lowest BCUT2D eigenvalue weighted by Gasteiger charge is -2.11. The first-order chi connectivity index (χ1) is 9.24. The van der Waals surface area contributed by atoms with Gasteiger partial charge >= 0.3 is 5.97 Å². The normalized spacial score (nSPS) is 14.1. The Morgan fingerprint density at radius 2 is 2.16 bits per heavy atom. The van der Waals surface area contributed by atoms with Gasteiger partial charge in [-0.05, 0) is 37.1 Å². The molecule has 0 bridgehead atoms. The molecule has 96 valence electrons. The predicted molar refractivity (Wildman–Crippen MR) is 68.1 cm³/mol. The van der Waals surface area contributed by atoms with E-state index in [4.69, 9.17) is 9.84 Å². The molecule has 1 N–H and O–H groups in total. The zero-order valence-electron chi connectivity index (χ0n) is 10.1. The second-order valence-corrected chi connectivity index (χ2v) is 4.43. The highest BCUT2D eigenvalue weighted by molar-refractivity contribution is 5.89. The van der Waals surface area contributed by atoms with Crippen molar-refractivity contribution in [2.24, 2.45) is 0 Å². The SMILES string of the molecule is O=C(O)c1ccc(-c2ccncn2)c(OC2CC2)c1. The Hall–Kier alpha value is -2.43. The summed E-state index contributed by atoms with van der Waals surface area (Å²) in [5.74, 6) is -0.393. The lowest BCUT2D eigenvalue weighted by molar-refractivity contribution is 0.0696. The van der Waals surface area contributed by atoms with E-state index in [0.717, 1.165) is 24.1 Å². The standard InChI is InChI=1S/C14H12N2O3/c17-14(18)9-1-4-11(12-5-6-15-8-16-12)13(7-9)19-10-2-3-10/h1,4-8,10H,2-3H2,(H,17,18). The molecule has 1 heterocycles. The van der Waals surface area contributed by atoms with E-state index in [1.807, 2.05) is 0 Å². The van der Waals surface area contributed by atoms with Crippen molar-refractivity contribution in [2.75, 3.05) is 0 Å². The first-order valence-corrected chi connectivity index (χ1v) is 6.04. The molecule has 1 aromatic heterocycles. The van der Waals surface area contributed by atoms with E-state index in [-0.39, 0.29) is 11.7 Å². The van der Waals surface area contributed by atoms with Crippen LogP contribution in [0.5, 0.6) is 5.75 Å². The highest BCUT2D eigenvalue weighted by atomic mass is 16.5. The fourth-order valence-corrected chi connectivity index (χ4v) is 1.78. The minimum absolute atomic E-state index is 0.199. The summed E-state index contributed by atoms with van der Waals surface area (Å²) in [6, 6.07) is 6.61. The van der Waals surface area contributed by atoms with Crippen molar-refractivity contribution in [3.8, 4) is 17.0 Å². The van der Waals surface area contributed by atoms with Crippen LogP contribution in [-0.4, -0.2) is 27.1 Å². The highest BCUT2D eigenvalue weighted by Crippen LogP contribution is 2.34. The fourth-order valence-electron chi connectivity index (χ4n) is 1.78. The number of benzene rings is 1. The third-order valence-electron chi connectivity index (χ3n) is 2.90. The minimum atomic E-state index is -0.963. The molecule has 2 aromatic rings. The van der Waals surface area contributed by atoms with Crippen LogP contribution in [0.25, 0.3) is 11.3 Å². The quantitative estimate of drug-likeness (QED) is 0.909. The van der Waals surface area contributed by atoms with Crippen LogP contribution < -0.4 is 4.74 Å². The summed E-state index contributed by atoms with van der Waals surface area (Å²) in [5, 5.41) is 9.04. The largest absolute Gasteiger partial charge is 0.490 e. The van der Waals surface area contributed by atoms with Crippen LogP contribution >= 0.6 is 0 Å². The Morgan fingerprint density at radius 1 is 1.32 bits per heavy atom. The Morgan fingerprint density at radius 3 is 2.79 bits per heavy atom. The summed E-state index contributed by atoms with van der Waals surface area (Å²) >= 11 is 0. The van der Waals surface area contributed by atoms with Crippen molar-refractivity contribution in [2.45, 2.75) is 18.9 Å². The van der Waals surface area contributed by atoms with Gasteiger partial charge in [0.25, 0.3) is 0 Å². The number of ether oxygens (including phenoxy) is 1. The molecule has 0 saturated heterocycles. The van der Waals surface area contributed by atoms with Gasteiger partial charge in [-0.3, -0.25) is 0 Å². The maximum atomic E-state index is 11.0. The van der Waals surface area contributed by atoms with E-state index in [1.165, 1.54) is 6.33 Å². The molecule has 5 heteroatoms. The number of aromatic carboxylic acids is 1. The van der Waals surface area contributed by atoms with Gasteiger partial charge < -0.3 is 9.84 Å². The van der Waals surface area contributed by atoms with Crippen LogP contribution in [0.2, 0.25) is 0 Å². The molecular formula is C14H12N2O3. The van der Waals surface area contributed by atoms with Gasteiger partial charge in [0.15, 0.2) is 0 Å². The molecular weight excluding hydrogens is 244 g/mol. The van der Waals surface area contributed by atoms with Gasteiger partial charge in [-0.1, -0.05) is 0 Å². The Bertz CT molecular complexity index is 609. The van der Waals surface area contributed by atoms with Gasteiger partial charge in [0.1, 0.15) is 12.1 Å². The zero-order chi connectivity index (χ0) is 13.2. The average Bonchev–Trinajstić information content (AvgIpc) is 3.23. The van der Waals surface area contributed by atoms with Crippen LogP contribution in [0.4, 0.5) is 0 Å². The van der Waals surface area contributed by atoms with Gasteiger partial charge in [-0.2, -0.15) is 0 Å².